The van der Waals surface area contributed by atoms with E-state index in [1.165, 1.54) is 17.7 Å². The summed E-state index contributed by atoms with van der Waals surface area (Å²) >= 11 is 0. The highest BCUT2D eigenvalue weighted by molar-refractivity contribution is 7.92. The third-order valence-electron chi connectivity index (χ3n) is 5.67. The molecular formula is C24H30N2O4S. The molecule has 0 bridgehead atoms. The van der Waals surface area contributed by atoms with E-state index in [0.29, 0.717) is 38.2 Å². The summed E-state index contributed by atoms with van der Waals surface area (Å²) in [7, 11) is -3.36. The molecular weight excluding hydrogens is 412 g/mol. The van der Waals surface area contributed by atoms with Gasteiger partial charge in [0, 0.05) is 38.2 Å². The first kappa shape index (κ1) is 23.0. The average Bonchev–Trinajstić information content (AvgIpc) is 2.79. The molecule has 2 amide bonds. The predicted octanol–water partition coefficient (Wildman–Crippen LogP) is 3.18. The fraction of sp³-hybridized carbons (Fsp3) is 0.417. The third-order valence-corrected chi connectivity index (χ3v) is 7.84. The van der Waals surface area contributed by atoms with Gasteiger partial charge < -0.3 is 9.80 Å². The summed E-state index contributed by atoms with van der Waals surface area (Å²) in [5, 5.41) is -0.507. The van der Waals surface area contributed by atoms with E-state index in [0.717, 1.165) is 12.8 Å². The maximum atomic E-state index is 12.8. The lowest BCUT2D eigenvalue weighted by Gasteiger charge is -2.35. The summed E-state index contributed by atoms with van der Waals surface area (Å²) in [6.07, 6.45) is 2.20. The molecule has 0 atom stereocenters. The molecule has 1 heterocycles. The summed E-state index contributed by atoms with van der Waals surface area (Å²) in [5.74, 6) is -0.00375. The van der Waals surface area contributed by atoms with Crippen molar-refractivity contribution in [2.24, 2.45) is 0 Å². The number of hydrogen-bond acceptors (Lipinski definition) is 4. The Balaban J connectivity index is 1.48. The van der Waals surface area contributed by atoms with Gasteiger partial charge in [-0.15, -0.1) is 0 Å². The smallest absolute Gasteiger partial charge is 0.253 e. The van der Waals surface area contributed by atoms with Crippen molar-refractivity contribution >= 4 is 21.7 Å². The van der Waals surface area contributed by atoms with Crippen molar-refractivity contribution in [1.29, 1.82) is 0 Å². The van der Waals surface area contributed by atoms with Crippen LogP contribution >= 0.6 is 0 Å². The highest BCUT2D eigenvalue weighted by Gasteiger charge is 2.25. The second kappa shape index (κ2) is 10.1. The molecule has 1 aliphatic heterocycles. The Morgan fingerprint density at radius 3 is 2.03 bits per heavy atom. The van der Waals surface area contributed by atoms with Crippen LogP contribution in [-0.2, 0) is 21.1 Å². The summed E-state index contributed by atoms with van der Waals surface area (Å²) in [4.78, 5) is 29.0. The van der Waals surface area contributed by atoms with Gasteiger partial charge in [-0.2, -0.15) is 0 Å². The SMILES string of the molecule is CC(C)S(=O)(=O)c1ccc(C(=O)N2CCN(C(=O)CCCc3ccccc3)CC2)cc1. The number of aryl methyl sites for hydroxylation is 1. The topological polar surface area (TPSA) is 74.8 Å². The quantitative estimate of drug-likeness (QED) is 0.660. The summed E-state index contributed by atoms with van der Waals surface area (Å²) in [5.41, 5.74) is 1.70. The number of carbonyl (C=O) groups is 2. The minimum absolute atomic E-state index is 0.131. The van der Waals surface area contributed by atoms with Crippen LogP contribution in [0.25, 0.3) is 0 Å². The van der Waals surface area contributed by atoms with Crippen LogP contribution in [0.1, 0.15) is 42.6 Å². The van der Waals surface area contributed by atoms with Crippen LogP contribution in [0.4, 0.5) is 0 Å². The third kappa shape index (κ3) is 5.73. The first-order chi connectivity index (χ1) is 14.8. The molecule has 7 heteroatoms. The average molecular weight is 443 g/mol. The van der Waals surface area contributed by atoms with Crippen LogP contribution in [0.15, 0.2) is 59.5 Å². The number of benzene rings is 2. The zero-order valence-corrected chi connectivity index (χ0v) is 19.0. The Labute approximate surface area is 184 Å². The number of nitrogens with zero attached hydrogens (tertiary/aromatic N) is 2. The molecule has 3 rings (SSSR count). The van der Waals surface area contributed by atoms with E-state index < -0.39 is 15.1 Å². The molecule has 31 heavy (non-hydrogen) atoms. The number of sulfone groups is 1. The van der Waals surface area contributed by atoms with Gasteiger partial charge in [0.05, 0.1) is 10.1 Å². The van der Waals surface area contributed by atoms with Crippen molar-refractivity contribution in [2.75, 3.05) is 26.2 Å². The second-order valence-corrected chi connectivity index (χ2v) is 10.6. The summed E-state index contributed by atoms with van der Waals surface area (Å²) in [6, 6.07) is 16.3. The number of hydrogen-bond donors (Lipinski definition) is 0. The molecule has 2 aromatic rings. The maximum Gasteiger partial charge on any atom is 0.253 e. The van der Waals surface area contributed by atoms with E-state index in [4.69, 9.17) is 0 Å². The highest BCUT2D eigenvalue weighted by Crippen LogP contribution is 2.18. The Morgan fingerprint density at radius 2 is 1.45 bits per heavy atom. The van der Waals surface area contributed by atoms with Gasteiger partial charge >= 0.3 is 0 Å². The lowest BCUT2D eigenvalue weighted by atomic mass is 10.1. The van der Waals surface area contributed by atoms with E-state index in [-0.39, 0.29) is 16.7 Å². The minimum atomic E-state index is -3.36. The van der Waals surface area contributed by atoms with Gasteiger partial charge in [-0.3, -0.25) is 9.59 Å². The lowest BCUT2D eigenvalue weighted by Crippen LogP contribution is -2.50. The predicted molar refractivity (Wildman–Crippen MR) is 121 cm³/mol. The first-order valence-electron chi connectivity index (χ1n) is 10.7. The van der Waals surface area contributed by atoms with Crippen molar-refractivity contribution < 1.29 is 18.0 Å². The second-order valence-electron chi connectivity index (χ2n) is 8.13. The number of amides is 2. The zero-order chi connectivity index (χ0) is 22.4. The van der Waals surface area contributed by atoms with E-state index in [1.54, 1.807) is 30.9 Å². The molecule has 0 N–H and O–H groups in total. The molecule has 1 aliphatic rings. The lowest BCUT2D eigenvalue weighted by molar-refractivity contribution is -0.132. The van der Waals surface area contributed by atoms with Crippen LogP contribution in [0.5, 0.6) is 0 Å². The molecule has 0 saturated carbocycles. The summed E-state index contributed by atoms with van der Waals surface area (Å²) in [6.45, 7) is 5.28. The van der Waals surface area contributed by atoms with Crippen molar-refractivity contribution in [1.82, 2.24) is 9.80 Å². The van der Waals surface area contributed by atoms with Crippen LogP contribution in [0, 0.1) is 0 Å². The van der Waals surface area contributed by atoms with Gasteiger partial charge in [0.2, 0.25) is 5.91 Å². The number of piperazine rings is 1. The van der Waals surface area contributed by atoms with Gasteiger partial charge in [-0.1, -0.05) is 30.3 Å². The standard InChI is InChI=1S/C24H30N2O4S/c1-19(2)31(29,30)22-13-11-21(12-14-22)24(28)26-17-15-25(16-18-26)23(27)10-6-9-20-7-4-3-5-8-20/h3-5,7-8,11-14,19H,6,9-10,15-18H2,1-2H3. The number of carbonyl (C=O) groups excluding carboxylic acids is 2. The maximum absolute atomic E-state index is 12.8. The van der Waals surface area contributed by atoms with Crippen LogP contribution in [0.2, 0.25) is 0 Å². The van der Waals surface area contributed by atoms with Gasteiger partial charge in [-0.05, 0) is 56.5 Å². The molecule has 1 fully saturated rings. The first-order valence-corrected chi connectivity index (χ1v) is 12.3. The minimum Gasteiger partial charge on any atom is -0.339 e. The van der Waals surface area contributed by atoms with Crippen molar-refractivity contribution in [2.45, 2.75) is 43.3 Å². The van der Waals surface area contributed by atoms with Crippen LogP contribution < -0.4 is 0 Å². The fourth-order valence-electron chi connectivity index (χ4n) is 3.65. The molecule has 0 aliphatic carbocycles. The summed E-state index contributed by atoms with van der Waals surface area (Å²) < 4.78 is 24.5. The van der Waals surface area contributed by atoms with E-state index in [1.807, 2.05) is 23.1 Å². The molecule has 1 saturated heterocycles. The molecule has 2 aromatic carbocycles. The van der Waals surface area contributed by atoms with Gasteiger partial charge in [-0.25, -0.2) is 8.42 Å². The Hall–Kier alpha value is -2.67. The van der Waals surface area contributed by atoms with Gasteiger partial charge in [0.25, 0.3) is 5.91 Å². The molecule has 0 radical (unpaired) electrons. The largest absolute Gasteiger partial charge is 0.339 e. The zero-order valence-electron chi connectivity index (χ0n) is 18.2. The normalized spacial score (nSPS) is 14.7. The Kier molecular flexibility index (Phi) is 7.49. The number of rotatable bonds is 7. The Morgan fingerprint density at radius 1 is 0.871 bits per heavy atom. The highest BCUT2D eigenvalue weighted by atomic mass is 32.2. The van der Waals surface area contributed by atoms with Gasteiger partial charge in [0.1, 0.15) is 0 Å². The molecule has 0 aromatic heterocycles. The van der Waals surface area contributed by atoms with E-state index >= 15 is 0 Å². The van der Waals surface area contributed by atoms with Crippen LogP contribution in [0.3, 0.4) is 0 Å². The van der Waals surface area contributed by atoms with E-state index in [9.17, 15) is 18.0 Å². The van der Waals surface area contributed by atoms with Crippen molar-refractivity contribution in [3.63, 3.8) is 0 Å². The van der Waals surface area contributed by atoms with E-state index in [2.05, 4.69) is 12.1 Å². The molecule has 166 valence electrons. The fourth-order valence-corrected chi connectivity index (χ4v) is 4.71. The Bertz CT molecular complexity index is 994. The molecule has 0 unspecified atom stereocenters. The van der Waals surface area contributed by atoms with Gasteiger partial charge in [0.15, 0.2) is 9.84 Å². The van der Waals surface area contributed by atoms with Crippen molar-refractivity contribution in [3.05, 3.63) is 65.7 Å². The molecule has 6 nitrogen and oxygen atoms in total. The van der Waals surface area contributed by atoms with Crippen molar-refractivity contribution in [3.8, 4) is 0 Å². The van der Waals surface area contributed by atoms with Crippen LogP contribution in [-0.4, -0.2) is 61.5 Å². The molecule has 0 spiro atoms. The monoisotopic (exact) mass is 442 g/mol.